The lowest BCUT2D eigenvalue weighted by Gasteiger charge is -2.26. The smallest absolute Gasteiger partial charge is 0.261 e. The van der Waals surface area contributed by atoms with Crippen LogP contribution >= 0.6 is 11.6 Å². The van der Waals surface area contributed by atoms with Crippen molar-refractivity contribution in [1.82, 2.24) is 19.4 Å². The number of imidazole rings is 1. The highest BCUT2D eigenvalue weighted by Crippen LogP contribution is 2.32. The van der Waals surface area contributed by atoms with Gasteiger partial charge in [0.15, 0.2) is 5.82 Å². The molecule has 0 spiro atoms. The number of anilines is 1. The molecular weight excluding hydrogens is 500 g/mol. The second-order valence-corrected chi connectivity index (χ2v) is 9.90. The highest BCUT2D eigenvalue weighted by molar-refractivity contribution is 6.31. The van der Waals surface area contributed by atoms with Crippen molar-refractivity contribution in [3.05, 3.63) is 70.3 Å². The van der Waals surface area contributed by atoms with Crippen molar-refractivity contribution >= 4 is 40.4 Å². The first-order valence-corrected chi connectivity index (χ1v) is 12.6. The average molecular weight is 530 g/mol. The quantitative estimate of drug-likeness (QED) is 0.352. The lowest BCUT2D eigenvalue weighted by Crippen LogP contribution is -2.35. The normalized spacial score (nSPS) is 16.5. The van der Waals surface area contributed by atoms with Crippen LogP contribution in [0.5, 0.6) is 0 Å². The standard InChI is InChI=1S/C27H30ClF2N5O2/c1-17-8-6-10-21-25(17)35(18-9-4-5-15-34(16-18)22(36)11-7-14-33(2)3)27(31-21)32-26(37)19-12-13-20(29)23(28)24(19)30/h6-8,10-13,18H,4-5,9,14-16H2,1-3H3,(H,31,32,37). The molecule has 1 N–H and O–H groups in total. The molecule has 1 saturated heterocycles. The van der Waals surface area contributed by atoms with Gasteiger partial charge in [-0.05, 0) is 64.0 Å². The minimum atomic E-state index is -1.13. The van der Waals surface area contributed by atoms with Crippen molar-refractivity contribution < 1.29 is 18.4 Å². The molecular formula is C27H30ClF2N5O2. The van der Waals surface area contributed by atoms with Gasteiger partial charge in [0, 0.05) is 25.7 Å². The number of carbonyl (C=O) groups excluding carboxylic acids is 2. The van der Waals surface area contributed by atoms with Crippen LogP contribution in [0.2, 0.25) is 5.02 Å². The first-order valence-electron chi connectivity index (χ1n) is 12.2. The van der Waals surface area contributed by atoms with Crippen molar-refractivity contribution in [3.63, 3.8) is 0 Å². The van der Waals surface area contributed by atoms with Gasteiger partial charge in [0.2, 0.25) is 11.9 Å². The third kappa shape index (κ3) is 5.83. The maximum atomic E-state index is 14.6. The van der Waals surface area contributed by atoms with Gasteiger partial charge in [-0.1, -0.05) is 29.8 Å². The molecule has 0 aliphatic carbocycles. The minimum absolute atomic E-state index is 0.0662. The maximum Gasteiger partial charge on any atom is 0.261 e. The Labute approximate surface area is 219 Å². The molecule has 2 heterocycles. The number of likely N-dealkylation sites (tertiary alicyclic amines) is 1. The summed E-state index contributed by atoms with van der Waals surface area (Å²) in [5, 5.41) is 1.97. The van der Waals surface area contributed by atoms with Gasteiger partial charge in [0.1, 0.15) is 10.8 Å². The molecule has 1 atom stereocenters. The van der Waals surface area contributed by atoms with E-state index < -0.39 is 22.6 Å². The number of nitrogens with zero attached hydrogens (tertiary/aromatic N) is 4. The Balaban J connectivity index is 1.70. The summed E-state index contributed by atoms with van der Waals surface area (Å²) in [7, 11) is 3.87. The number of carbonyl (C=O) groups is 2. The number of para-hydroxylation sites is 1. The molecule has 196 valence electrons. The van der Waals surface area contributed by atoms with E-state index in [0.29, 0.717) is 25.2 Å². The summed E-state index contributed by atoms with van der Waals surface area (Å²) in [6.45, 7) is 3.68. The average Bonchev–Trinajstić information content (AvgIpc) is 3.04. The highest BCUT2D eigenvalue weighted by Gasteiger charge is 2.28. The molecule has 1 unspecified atom stereocenters. The zero-order valence-corrected chi connectivity index (χ0v) is 21.9. The molecule has 1 aromatic heterocycles. The number of amides is 2. The number of likely N-dealkylation sites (N-methyl/N-ethyl adjacent to an activating group) is 1. The summed E-state index contributed by atoms with van der Waals surface area (Å²) in [6.07, 6.45) is 5.95. The molecule has 37 heavy (non-hydrogen) atoms. The third-order valence-corrected chi connectivity index (χ3v) is 6.82. The molecule has 1 fully saturated rings. The first-order chi connectivity index (χ1) is 17.7. The molecule has 7 nitrogen and oxygen atoms in total. The van der Waals surface area contributed by atoms with Gasteiger partial charge in [0.05, 0.1) is 22.6 Å². The number of halogens is 3. The van der Waals surface area contributed by atoms with E-state index >= 15 is 0 Å². The van der Waals surface area contributed by atoms with Crippen LogP contribution in [-0.2, 0) is 4.79 Å². The Kier molecular flexibility index (Phi) is 8.24. The number of fused-ring (bicyclic) bond motifs is 1. The lowest BCUT2D eigenvalue weighted by molar-refractivity contribution is -0.126. The first kappa shape index (κ1) is 26.8. The zero-order chi connectivity index (χ0) is 26.7. The van der Waals surface area contributed by atoms with Crippen LogP contribution in [0.25, 0.3) is 11.0 Å². The third-order valence-electron chi connectivity index (χ3n) is 6.47. The van der Waals surface area contributed by atoms with E-state index in [0.717, 1.165) is 42.5 Å². The number of hydrogen-bond acceptors (Lipinski definition) is 4. The summed E-state index contributed by atoms with van der Waals surface area (Å²) in [6, 6.07) is 7.50. The van der Waals surface area contributed by atoms with Gasteiger partial charge in [-0.3, -0.25) is 14.9 Å². The Morgan fingerprint density at radius 3 is 2.76 bits per heavy atom. The molecule has 2 amide bonds. The van der Waals surface area contributed by atoms with E-state index in [-0.39, 0.29) is 23.5 Å². The van der Waals surface area contributed by atoms with Crippen LogP contribution in [0.15, 0.2) is 42.5 Å². The monoisotopic (exact) mass is 529 g/mol. The highest BCUT2D eigenvalue weighted by atomic mass is 35.5. The lowest BCUT2D eigenvalue weighted by atomic mass is 10.1. The molecule has 0 bridgehead atoms. The number of aryl methyl sites for hydroxylation is 1. The SMILES string of the molecule is Cc1cccc2nc(NC(=O)c3ccc(F)c(Cl)c3F)n(C3CCCCN(C(=O)C=CCN(C)C)C3)c12. The van der Waals surface area contributed by atoms with Crippen molar-refractivity contribution in [1.29, 1.82) is 0 Å². The van der Waals surface area contributed by atoms with Crippen LogP contribution in [0.1, 0.15) is 41.2 Å². The van der Waals surface area contributed by atoms with Gasteiger partial charge in [-0.15, -0.1) is 0 Å². The molecule has 10 heteroatoms. The maximum absolute atomic E-state index is 14.6. The summed E-state index contributed by atoms with van der Waals surface area (Å²) >= 11 is 5.69. The van der Waals surface area contributed by atoms with Crippen molar-refractivity contribution in [2.75, 3.05) is 39.0 Å². The number of benzene rings is 2. The Morgan fingerprint density at radius 2 is 2.00 bits per heavy atom. The van der Waals surface area contributed by atoms with Gasteiger partial charge >= 0.3 is 0 Å². The van der Waals surface area contributed by atoms with E-state index in [1.165, 1.54) is 0 Å². The Morgan fingerprint density at radius 1 is 1.22 bits per heavy atom. The molecule has 1 aliphatic rings. The van der Waals surface area contributed by atoms with E-state index in [1.54, 1.807) is 6.08 Å². The zero-order valence-electron chi connectivity index (χ0n) is 21.1. The van der Waals surface area contributed by atoms with Crippen LogP contribution in [0.4, 0.5) is 14.7 Å². The second kappa shape index (κ2) is 11.4. The van der Waals surface area contributed by atoms with E-state index in [2.05, 4.69) is 10.3 Å². The fourth-order valence-electron chi connectivity index (χ4n) is 4.64. The van der Waals surface area contributed by atoms with Gasteiger partial charge in [0.25, 0.3) is 5.91 Å². The van der Waals surface area contributed by atoms with Gasteiger partial charge in [-0.25, -0.2) is 13.8 Å². The van der Waals surface area contributed by atoms with Gasteiger partial charge < -0.3 is 14.4 Å². The second-order valence-electron chi connectivity index (χ2n) is 9.52. The van der Waals surface area contributed by atoms with Crippen molar-refractivity contribution in [3.8, 4) is 0 Å². The fourth-order valence-corrected chi connectivity index (χ4v) is 4.80. The summed E-state index contributed by atoms with van der Waals surface area (Å²) in [5.74, 6) is -2.70. The molecule has 0 radical (unpaired) electrons. The molecule has 1 aliphatic heterocycles. The minimum Gasteiger partial charge on any atom is -0.337 e. The van der Waals surface area contributed by atoms with E-state index in [9.17, 15) is 18.4 Å². The van der Waals surface area contributed by atoms with Crippen molar-refractivity contribution in [2.24, 2.45) is 0 Å². The number of nitrogens with one attached hydrogen (secondary N) is 1. The number of hydrogen-bond donors (Lipinski definition) is 1. The van der Waals surface area contributed by atoms with E-state index in [1.807, 2.05) is 59.7 Å². The molecule has 3 aromatic rings. The van der Waals surface area contributed by atoms with Crippen molar-refractivity contribution in [2.45, 2.75) is 32.2 Å². The predicted octanol–water partition coefficient (Wildman–Crippen LogP) is 5.20. The van der Waals surface area contributed by atoms with Crippen LogP contribution in [-0.4, -0.2) is 64.9 Å². The number of aromatic nitrogens is 2. The Hall–Kier alpha value is -3.30. The molecule has 4 rings (SSSR count). The molecule has 0 saturated carbocycles. The largest absolute Gasteiger partial charge is 0.337 e. The van der Waals surface area contributed by atoms with Crippen LogP contribution in [0.3, 0.4) is 0 Å². The summed E-state index contributed by atoms with van der Waals surface area (Å²) in [4.78, 5) is 34.4. The van der Waals surface area contributed by atoms with Crippen LogP contribution in [0, 0.1) is 18.6 Å². The van der Waals surface area contributed by atoms with Gasteiger partial charge in [-0.2, -0.15) is 0 Å². The predicted molar refractivity (Wildman–Crippen MR) is 141 cm³/mol. The Bertz CT molecular complexity index is 1350. The summed E-state index contributed by atoms with van der Waals surface area (Å²) in [5.41, 5.74) is 2.07. The topological polar surface area (TPSA) is 70.5 Å². The van der Waals surface area contributed by atoms with E-state index in [4.69, 9.17) is 11.6 Å². The molecule has 2 aromatic carbocycles. The summed E-state index contributed by atoms with van der Waals surface area (Å²) < 4.78 is 30.1. The van der Waals surface area contributed by atoms with Crippen LogP contribution < -0.4 is 5.32 Å². The fraction of sp³-hybridized carbons (Fsp3) is 0.370. The number of rotatable bonds is 6.